The van der Waals surface area contributed by atoms with Gasteiger partial charge in [0, 0.05) is 26.2 Å². The van der Waals surface area contributed by atoms with Crippen molar-refractivity contribution in [2.24, 2.45) is 0 Å². The molecule has 0 saturated carbocycles. The fourth-order valence-corrected chi connectivity index (χ4v) is 3.67. The highest BCUT2D eigenvalue weighted by molar-refractivity contribution is 9.10. The van der Waals surface area contributed by atoms with Crippen molar-refractivity contribution in [3.8, 4) is 6.07 Å². The fraction of sp³-hybridized carbons (Fsp3) is 0.0435. The molecule has 3 rings (SSSR count). The summed E-state index contributed by atoms with van der Waals surface area (Å²) in [7, 11) is 0. The summed E-state index contributed by atoms with van der Waals surface area (Å²) in [5, 5.41) is 15.3. The maximum Gasteiger partial charge on any atom is 0.267 e. The average Bonchev–Trinajstić information content (AvgIpc) is 2.73. The lowest BCUT2D eigenvalue weighted by Crippen LogP contribution is -2.15. The van der Waals surface area contributed by atoms with Gasteiger partial charge in [-0.2, -0.15) is 5.26 Å². The molecular weight excluding hydrogens is 446 g/mol. The highest BCUT2D eigenvalue weighted by Crippen LogP contribution is 2.33. The van der Waals surface area contributed by atoms with Crippen molar-refractivity contribution in [2.75, 3.05) is 10.6 Å². The Morgan fingerprint density at radius 1 is 1.07 bits per heavy atom. The monoisotopic (exact) mass is 463 g/mol. The number of para-hydroxylation sites is 1. The third kappa shape index (κ3) is 5.74. The average molecular weight is 464 g/mol. The molecule has 2 N–H and O–H groups in total. The molecule has 0 saturated heterocycles. The molecule has 3 aromatic rings. The molecule has 0 radical (unpaired) electrons. The molecule has 0 aliphatic rings. The maximum absolute atomic E-state index is 12.6. The number of nitriles is 1. The minimum atomic E-state index is -0.463. The number of carbonyl (C=O) groups excluding carboxylic acids is 1. The number of carbonyl (C=O) groups is 1. The van der Waals surface area contributed by atoms with E-state index >= 15 is 0 Å². The van der Waals surface area contributed by atoms with Crippen LogP contribution in [0.25, 0.3) is 0 Å². The number of rotatable bonds is 6. The van der Waals surface area contributed by atoms with Gasteiger partial charge in [-0.25, -0.2) is 0 Å². The Morgan fingerprint density at radius 2 is 1.79 bits per heavy atom. The molecule has 0 atom stereocenters. The molecule has 0 aliphatic heterocycles. The summed E-state index contributed by atoms with van der Waals surface area (Å²) in [5.41, 5.74) is 2.50. The van der Waals surface area contributed by atoms with E-state index in [9.17, 15) is 10.1 Å². The largest absolute Gasteiger partial charge is 0.360 e. The van der Waals surface area contributed by atoms with Crippen LogP contribution in [0, 0.1) is 18.3 Å². The van der Waals surface area contributed by atoms with Gasteiger partial charge in [-0.15, -0.1) is 0 Å². The Balaban J connectivity index is 1.74. The number of anilines is 2. The molecule has 0 spiro atoms. The highest BCUT2D eigenvalue weighted by atomic mass is 79.9. The maximum atomic E-state index is 12.6. The standard InChI is InChI=1S/C23H18BrN3OS/c1-16-13-18(11-12-20(16)24)26-15-17(14-25)23(28)27-21-9-5-6-10-22(21)29-19-7-3-2-4-8-19/h2-13,15,26H,1H3,(H,27,28)/b17-15-. The summed E-state index contributed by atoms with van der Waals surface area (Å²) in [5.74, 6) is -0.463. The van der Waals surface area contributed by atoms with Gasteiger partial charge in [-0.1, -0.05) is 58.0 Å². The smallest absolute Gasteiger partial charge is 0.267 e. The topological polar surface area (TPSA) is 64.9 Å². The fourth-order valence-electron chi connectivity index (χ4n) is 2.50. The summed E-state index contributed by atoms with van der Waals surface area (Å²) in [6, 6.07) is 25.1. The van der Waals surface area contributed by atoms with E-state index in [2.05, 4.69) is 26.6 Å². The van der Waals surface area contributed by atoms with Crippen LogP contribution in [-0.2, 0) is 4.79 Å². The zero-order valence-electron chi connectivity index (χ0n) is 15.6. The summed E-state index contributed by atoms with van der Waals surface area (Å²) < 4.78 is 0.998. The molecule has 0 heterocycles. The van der Waals surface area contributed by atoms with Gasteiger partial charge in [-0.3, -0.25) is 4.79 Å². The van der Waals surface area contributed by atoms with Gasteiger partial charge in [0.25, 0.3) is 5.91 Å². The Labute approximate surface area is 182 Å². The molecule has 0 unspecified atom stereocenters. The molecule has 1 amide bonds. The minimum Gasteiger partial charge on any atom is -0.360 e. The molecule has 6 heteroatoms. The number of nitrogens with one attached hydrogen (secondary N) is 2. The van der Waals surface area contributed by atoms with Crippen molar-refractivity contribution in [2.45, 2.75) is 16.7 Å². The molecule has 0 bridgehead atoms. The number of aryl methyl sites for hydroxylation is 1. The number of hydrogen-bond donors (Lipinski definition) is 2. The second-order valence-electron chi connectivity index (χ2n) is 6.14. The van der Waals surface area contributed by atoms with Crippen LogP contribution in [0.4, 0.5) is 11.4 Å². The van der Waals surface area contributed by atoms with Crippen molar-refractivity contribution in [1.82, 2.24) is 0 Å². The Morgan fingerprint density at radius 3 is 2.52 bits per heavy atom. The van der Waals surface area contributed by atoms with Crippen LogP contribution in [0.15, 0.2) is 98.8 Å². The first-order valence-corrected chi connectivity index (χ1v) is 10.4. The predicted octanol–water partition coefficient (Wildman–Crippen LogP) is 6.37. The molecule has 0 aromatic heterocycles. The predicted molar refractivity (Wildman–Crippen MR) is 122 cm³/mol. The molecule has 4 nitrogen and oxygen atoms in total. The van der Waals surface area contributed by atoms with Gasteiger partial charge in [0.05, 0.1) is 5.69 Å². The highest BCUT2D eigenvalue weighted by Gasteiger charge is 2.12. The lowest BCUT2D eigenvalue weighted by molar-refractivity contribution is -0.112. The molecule has 144 valence electrons. The first-order valence-electron chi connectivity index (χ1n) is 8.83. The van der Waals surface area contributed by atoms with E-state index in [4.69, 9.17) is 0 Å². The second-order valence-corrected chi connectivity index (χ2v) is 8.11. The number of benzene rings is 3. The summed E-state index contributed by atoms with van der Waals surface area (Å²) in [6.45, 7) is 1.97. The second kappa shape index (κ2) is 9.97. The van der Waals surface area contributed by atoms with E-state index in [0.29, 0.717) is 5.69 Å². The van der Waals surface area contributed by atoms with E-state index < -0.39 is 5.91 Å². The van der Waals surface area contributed by atoms with Crippen LogP contribution in [-0.4, -0.2) is 5.91 Å². The van der Waals surface area contributed by atoms with E-state index in [1.807, 2.05) is 85.8 Å². The van der Waals surface area contributed by atoms with Crippen molar-refractivity contribution < 1.29 is 4.79 Å². The number of nitrogens with zero attached hydrogens (tertiary/aromatic N) is 1. The summed E-state index contributed by atoms with van der Waals surface area (Å²) in [4.78, 5) is 14.6. The van der Waals surface area contributed by atoms with Gasteiger partial charge in [0.1, 0.15) is 11.6 Å². The molecule has 0 aliphatic carbocycles. The van der Waals surface area contributed by atoms with Crippen molar-refractivity contribution in [1.29, 1.82) is 5.26 Å². The van der Waals surface area contributed by atoms with Gasteiger partial charge >= 0.3 is 0 Å². The first-order chi connectivity index (χ1) is 14.1. The third-order valence-corrected chi connectivity index (χ3v) is 5.99. The Kier molecular flexibility index (Phi) is 7.12. The summed E-state index contributed by atoms with van der Waals surface area (Å²) >= 11 is 5.00. The number of amides is 1. The van der Waals surface area contributed by atoms with Crippen molar-refractivity contribution in [3.63, 3.8) is 0 Å². The van der Waals surface area contributed by atoms with Gasteiger partial charge in [0.15, 0.2) is 0 Å². The van der Waals surface area contributed by atoms with E-state index in [1.165, 1.54) is 6.20 Å². The van der Waals surface area contributed by atoms with Crippen LogP contribution in [0.5, 0.6) is 0 Å². The zero-order chi connectivity index (χ0) is 20.6. The van der Waals surface area contributed by atoms with Crippen LogP contribution in [0.3, 0.4) is 0 Å². The SMILES string of the molecule is Cc1cc(N/C=C(/C#N)C(=O)Nc2ccccc2Sc2ccccc2)ccc1Br. The summed E-state index contributed by atoms with van der Waals surface area (Å²) in [6.07, 6.45) is 1.42. The van der Waals surface area contributed by atoms with E-state index in [0.717, 1.165) is 25.5 Å². The molecule has 29 heavy (non-hydrogen) atoms. The normalized spacial score (nSPS) is 10.9. The van der Waals surface area contributed by atoms with E-state index in [1.54, 1.807) is 11.8 Å². The quantitative estimate of drug-likeness (QED) is 0.329. The van der Waals surface area contributed by atoms with Gasteiger partial charge in [0.2, 0.25) is 0 Å². The van der Waals surface area contributed by atoms with Gasteiger partial charge in [-0.05, 0) is 55.0 Å². The van der Waals surface area contributed by atoms with Crippen LogP contribution >= 0.6 is 27.7 Å². The Hall–Kier alpha value is -3.01. The van der Waals surface area contributed by atoms with Crippen LogP contribution < -0.4 is 10.6 Å². The lowest BCUT2D eigenvalue weighted by atomic mass is 10.2. The Bertz CT molecular complexity index is 1090. The van der Waals surface area contributed by atoms with Crippen LogP contribution in [0.1, 0.15) is 5.56 Å². The molecule has 0 fully saturated rings. The van der Waals surface area contributed by atoms with E-state index in [-0.39, 0.29) is 5.57 Å². The van der Waals surface area contributed by atoms with Crippen molar-refractivity contribution in [3.05, 3.63) is 94.6 Å². The first kappa shape index (κ1) is 20.7. The van der Waals surface area contributed by atoms with Gasteiger partial charge < -0.3 is 10.6 Å². The molecular formula is C23H18BrN3OS. The minimum absolute atomic E-state index is 0.00918. The van der Waals surface area contributed by atoms with Crippen molar-refractivity contribution >= 4 is 45.0 Å². The zero-order valence-corrected chi connectivity index (χ0v) is 18.0. The van der Waals surface area contributed by atoms with Crippen LogP contribution in [0.2, 0.25) is 0 Å². The number of hydrogen-bond acceptors (Lipinski definition) is 4. The lowest BCUT2D eigenvalue weighted by Gasteiger charge is -2.11. The molecule has 3 aromatic carbocycles. The third-order valence-electron chi connectivity index (χ3n) is 4.01. The number of halogens is 1.